The molecule has 94 valence electrons. The Morgan fingerprint density at radius 1 is 1.53 bits per heavy atom. The lowest BCUT2D eigenvalue weighted by Gasteiger charge is -2.37. The monoisotopic (exact) mass is 252 g/mol. The zero-order chi connectivity index (χ0) is 11.9. The zero-order valence-corrected chi connectivity index (χ0v) is 11.2. The normalized spacial score (nSPS) is 33.9. The van der Waals surface area contributed by atoms with Crippen molar-refractivity contribution in [1.29, 1.82) is 0 Å². The highest BCUT2D eigenvalue weighted by Crippen LogP contribution is 2.37. The lowest BCUT2D eigenvalue weighted by atomic mass is 9.85. The van der Waals surface area contributed by atoms with Crippen LogP contribution >= 0.6 is 11.3 Å². The first-order chi connectivity index (χ1) is 8.17. The van der Waals surface area contributed by atoms with E-state index in [0.29, 0.717) is 6.04 Å². The summed E-state index contributed by atoms with van der Waals surface area (Å²) in [6.45, 7) is 4.26. The molecule has 3 heterocycles. The Balaban J connectivity index is 1.76. The van der Waals surface area contributed by atoms with Crippen molar-refractivity contribution in [2.24, 2.45) is 0 Å². The van der Waals surface area contributed by atoms with Crippen LogP contribution in [0, 0.1) is 6.92 Å². The highest BCUT2D eigenvalue weighted by atomic mass is 32.1. The number of fused-ring (bicyclic) bond motifs is 1. The molecule has 17 heavy (non-hydrogen) atoms. The molecule has 3 nitrogen and oxygen atoms in total. The summed E-state index contributed by atoms with van der Waals surface area (Å²) in [7, 11) is 0. The summed E-state index contributed by atoms with van der Waals surface area (Å²) in [5, 5.41) is 14.1. The number of aliphatic hydroxyl groups is 1. The van der Waals surface area contributed by atoms with E-state index < -0.39 is 5.60 Å². The van der Waals surface area contributed by atoms with Gasteiger partial charge in [0.2, 0.25) is 0 Å². The van der Waals surface area contributed by atoms with Crippen LogP contribution in [0.1, 0.15) is 36.4 Å². The van der Waals surface area contributed by atoms with E-state index in [1.807, 2.05) is 6.92 Å². The highest BCUT2D eigenvalue weighted by molar-refractivity contribution is 7.09. The second kappa shape index (κ2) is 4.34. The van der Waals surface area contributed by atoms with Gasteiger partial charge in [0.05, 0.1) is 16.3 Å². The average Bonchev–Trinajstić information content (AvgIpc) is 2.86. The fourth-order valence-corrected chi connectivity index (χ4v) is 3.99. The SMILES string of the molecule is Cc1nc(CC2(O)CCN3CCCCC32)cs1. The first-order valence-corrected chi connectivity index (χ1v) is 7.43. The molecular formula is C13H20N2OS. The van der Waals surface area contributed by atoms with Gasteiger partial charge in [-0.05, 0) is 32.7 Å². The standard InChI is InChI=1S/C13H20N2OS/c1-10-14-11(9-17-10)8-13(16)5-7-15-6-3-2-4-12(13)15/h9,12,16H,2-8H2,1H3. The molecule has 0 radical (unpaired) electrons. The highest BCUT2D eigenvalue weighted by Gasteiger charge is 2.46. The number of thiazole rings is 1. The second-order valence-corrected chi connectivity index (χ2v) is 6.50. The molecule has 4 heteroatoms. The van der Waals surface area contributed by atoms with Crippen LogP contribution in [0.15, 0.2) is 5.38 Å². The van der Waals surface area contributed by atoms with Gasteiger partial charge in [-0.25, -0.2) is 4.98 Å². The van der Waals surface area contributed by atoms with Crippen molar-refractivity contribution >= 4 is 11.3 Å². The summed E-state index contributed by atoms with van der Waals surface area (Å²) in [6, 6.07) is 0.373. The number of aromatic nitrogens is 1. The molecule has 0 spiro atoms. The zero-order valence-electron chi connectivity index (χ0n) is 10.4. The Kier molecular flexibility index (Phi) is 2.97. The fraction of sp³-hybridized carbons (Fsp3) is 0.769. The summed E-state index contributed by atoms with van der Waals surface area (Å²) >= 11 is 1.68. The summed E-state index contributed by atoms with van der Waals surface area (Å²) in [5.41, 5.74) is 0.545. The molecule has 2 aliphatic rings. The van der Waals surface area contributed by atoms with Crippen molar-refractivity contribution < 1.29 is 5.11 Å². The molecule has 1 aromatic heterocycles. The predicted octanol–water partition coefficient (Wildman–Crippen LogP) is 1.98. The fourth-order valence-electron chi connectivity index (χ4n) is 3.38. The molecule has 1 N–H and O–H groups in total. The van der Waals surface area contributed by atoms with E-state index in [0.717, 1.165) is 36.5 Å². The lowest BCUT2D eigenvalue weighted by Crippen LogP contribution is -2.48. The van der Waals surface area contributed by atoms with Gasteiger partial charge in [-0.15, -0.1) is 11.3 Å². The third kappa shape index (κ3) is 2.14. The molecule has 2 unspecified atom stereocenters. The molecular weight excluding hydrogens is 232 g/mol. The van der Waals surface area contributed by atoms with Gasteiger partial charge in [0.25, 0.3) is 0 Å². The lowest BCUT2D eigenvalue weighted by molar-refractivity contribution is -0.00947. The second-order valence-electron chi connectivity index (χ2n) is 5.44. The van der Waals surface area contributed by atoms with Gasteiger partial charge in [0.1, 0.15) is 0 Å². The van der Waals surface area contributed by atoms with Crippen LogP contribution in [0.5, 0.6) is 0 Å². The third-order valence-electron chi connectivity index (χ3n) is 4.22. The maximum absolute atomic E-state index is 10.9. The molecule has 0 bridgehead atoms. The molecule has 2 atom stereocenters. The average molecular weight is 252 g/mol. The minimum absolute atomic E-state index is 0.373. The van der Waals surface area contributed by atoms with Gasteiger partial charge < -0.3 is 5.11 Å². The van der Waals surface area contributed by atoms with Gasteiger partial charge in [-0.2, -0.15) is 0 Å². The van der Waals surface area contributed by atoms with Crippen LogP contribution in [0.4, 0.5) is 0 Å². The summed E-state index contributed by atoms with van der Waals surface area (Å²) in [5.74, 6) is 0. The third-order valence-corrected chi connectivity index (χ3v) is 5.04. The van der Waals surface area contributed by atoms with Gasteiger partial charge in [0, 0.05) is 24.4 Å². The van der Waals surface area contributed by atoms with Gasteiger partial charge >= 0.3 is 0 Å². The molecule has 0 aromatic carbocycles. The van der Waals surface area contributed by atoms with Crippen molar-refractivity contribution in [2.75, 3.05) is 13.1 Å². The molecule has 2 aliphatic heterocycles. The number of hydrogen-bond acceptors (Lipinski definition) is 4. The van der Waals surface area contributed by atoms with Crippen LogP contribution in [0.3, 0.4) is 0 Å². The van der Waals surface area contributed by atoms with Crippen molar-refractivity contribution in [1.82, 2.24) is 9.88 Å². The Labute approximate surface area is 106 Å². The van der Waals surface area contributed by atoms with Gasteiger partial charge in [-0.1, -0.05) is 6.42 Å². The van der Waals surface area contributed by atoms with E-state index in [2.05, 4.69) is 15.3 Å². The van der Waals surface area contributed by atoms with Crippen LogP contribution in [-0.2, 0) is 6.42 Å². The minimum atomic E-state index is -0.527. The number of rotatable bonds is 2. The van der Waals surface area contributed by atoms with E-state index in [1.165, 1.54) is 19.4 Å². The summed E-state index contributed by atoms with van der Waals surface area (Å²) in [6.07, 6.45) is 5.36. The number of piperidine rings is 1. The Bertz CT molecular complexity index is 406. The summed E-state index contributed by atoms with van der Waals surface area (Å²) in [4.78, 5) is 6.97. The molecule has 0 amide bonds. The maximum Gasteiger partial charge on any atom is 0.0897 e. The van der Waals surface area contributed by atoms with Crippen LogP contribution < -0.4 is 0 Å². The maximum atomic E-state index is 10.9. The van der Waals surface area contributed by atoms with E-state index >= 15 is 0 Å². The van der Waals surface area contributed by atoms with E-state index in [9.17, 15) is 5.11 Å². The van der Waals surface area contributed by atoms with Crippen LogP contribution in [0.2, 0.25) is 0 Å². The van der Waals surface area contributed by atoms with Crippen molar-refractivity contribution in [3.8, 4) is 0 Å². The number of hydrogen-bond donors (Lipinski definition) is 1. The quantitative estimate of drug-likeness (QED) is 0.874. The van der Waals surface area contributed by atoms with Crippen LogP contribution in [-0.4, -0.2) is 39.7 Å². The van der Waals surface area contributed by atoms with E-state index in [1.54, 1.807) is 11.3 Å². The van der Waals surface area contributed by atoms with Crippen LogP contribution in [0.25, 0.3) is 0 Å². The molecule has 0 aliphatic carbocycles. The Morgan fingerprint density at radius 2 is 2.41 bits per heavy atom. The van der Waals surface area contributed by atoms with Gasteiger partial charge in [0.15, 0.2) is 0 Å². The molecule has 1 aromatic rings. The van der Waals surface area contributed by atoms with Crippen molar-refractivity contribution in [3.05, 3.63) is 16.1 Å². The minimum Gasteiger partial charge on any atom is -0.388 e. The Hall–Kier alpha value is -0.450. The summed E-state index contributed by atoms with van der Waals surface area (Å²) < 4.78 is 0. The number of nitrogens with zero attached hydrogens (tertiary/aromatic N) is 2. The molecule has 3 rings (SSSR count). The largest absolute Gasteiger partial charge is 0.388 e. The molecule has 0 saturated carbocycles. The molecule has 2 saturated heterocycles. The topological polar surface area (TPSA) is 36.4 Å². The predicted molar refractivity (Wildman–Crippen MR) is 69.3 cm³/mol. The van der Waals surface area contributed by atoms with Crippen molar-refractivity contribution in [2.45, 2.75) is 50.7 Å². The Morgan fingerprint density at radius 3 is 3.18 bits per heavy atom. The van der Waals surface area contributed by atoms with Gasteiger partial charge in [-0.3, -0.25) is 4.90 Å². The number of aryl methyl sites for hydroxylation is 1. The van der Waals surface area contributed by atoms with E-state index in [4.69, 9.17) is 0 Å². The first kappa shape index (κ1) is 11.6. The van der Waals surface area contributed by atoms with Crippen molar-refractivity contribution in [3.63, 3.8) is 0 Å². The first-order valence-electron chi connectivity index (χ1n) is 6.55. The smallest absolute Gasteiger partial charge is 0.0897 e. The molecule has 2 fully saturated rings. The van der Waals surface area contributed by atoms with E-state index in [-0.39, 0.29) is 0 Å².